The van der Waals surface area contributed by atoms with Gasteiger partial charge >= 0.3 is 0 Å². The summed E-state index contributed by atoms with van der Waals surface area (Å²) in [5.41, 5.74) is 0. The van der Waals surface area contributed by atoms with Crippen molar-refractivity contribution >= 4 is 23.4 Å². The first-order valence-electron chi connectivity index (χ1n) is 8.01. The molecule has 1 aliphatic carbocycles. The number of carbonyl (C=O) groups is 3. The maximum absolute atomic E-state index is 12.5. The zero-order valence-electron chi connectivity index (χ0n) is 13.1. The van der Waals surface area contributed by atoms with Crippen molar-refractivity contribution in [1.29, 1.82) is 5.26 Å². The molecule has 3 rings (SSSR count). The molecular weight excluding hydrogens is 308 g/mol. The number of anilines is 1. The molecule has 0 aromatic carbocycles. The smallest absolute Gasteiger partial charge is 0.250 e. The van der Waals surface area contributed by atoms with Gasteiger partial charge in [-0.1, -0.05) is 6.07 Å². The van der Waals surface area contributed by atoms with Crippen LogP contribution in [0.25, 0.3) is 0 Å². The van der Waals surface area contributed by atoms with E-state index >= 15 is 0 Å². The van der Waals surface area contributed by atoms with Crippen LogP contribution in [-0.4, -0.2) is 40.6 Å². The summed E-state index contributed by atoms with van der Waals surface area (Å²) in [5.74, 6) is -2.44. The van der Waals surface area contributed by atoms with Crippen molar-refractivity contribution in [2.45, 2.75) is 19.3 Å². The van der Waals surface area contributed by atoms with Gasteiger partial charge in [0, 0.05) is 31.6 Å². The highest BCUT2D eigenvalue weighted by Gasteiger charge is 2.41. The molecule has 0 bridgehead atoms. The second kappa shape index (κ2) is 6.79. The molecule has 2 heterocycles. The van der Waals surface area contributed by atoms with Gasteiger partial charge in [-0.3, -0.25) is 14.4 Å². The minimum atomic E-state index is -1.43. The van der Waals surface area contributed by atoms with Crippen molar-refractivity contribution in [3.05, 3.63) is 24.4 Å². The molecule has 2 aliphatic rings. The lowest BCUT2D eigenvalue weighted by Gasteiger charge is -2.16. The van der Waals surface area contributed by atoms with Gasteiger partial charge < -0.3 is 10.2 Å². The predicted molar refractivity (Wildman–Crippen MR) is 84.4 cm³/mol. The van der Waals surface area contributed by atoms with Crippen LogP contribution in [0.1, 0.15) is 19.3 Å². The summed E-state index contributed by atoms with van der Waals surface area (Å²) < 4.78 is 0. The van der Waals surface area contributed by atoms with Crippen molar-refractivity contribution in [1.82, 2.24) is 9.88 Å². The third-order valence-corrected chi connectivity index (χ3v) is 4.38. The summed E-state index contributed by atoms with van der Waals surface area (Å²) in [6.45, 7) is 0.989. The Hall–Kier alpha value is -2.75. The van der Waals surface area contributed by atoms with Gasteiger partial charge in [0.05, 0.1) is 6.07 Å². The molecule has 1 aliphatic heterocycles. The Kier molecular flexibility index (Phi) is 4.56. The number of Topliss-reactive ketones (excluding diaryl/α,β-unsaturated/α-hetero) is 1. The molecule has 1 saturated heterocycles. The number of nitrogens with one attached hydrogen (secondary N) is 1. The summed E-state index contributed by atoms with van der Waals surface area (Å²) in [5, 5.41) is 11.7. The van der Waals surface area contributed by atoms with E-state index in [0.717, 1.165) is 12.8 Å². The van der Waals surface area contributed by atoms with Crippen molar-refractivity contribution in [3.63, 3.8) is 0 Å². The Morgan fingerprint density at radius 1 is 1.42 bits per heavy atom. The molecule has 2 amide bonds. The number of hydrogen-bond donors (Lipinski definition) is 1. The number of carbonyl (C=O) groups excluding carboxylic acids is 3. The summed E-state index contributed by atoms with van der Waals surface area (Å²) in [4.78, 5) is 42.3. The van der Waals surface area contributed by atoms with Crippen LogP contribution < -0.4 is 5.32 Å². The van der Waals surface area contributed by atoms with E-state index in [-0.39, 0.29) is 18.1 Å². The topological polar surface area (TPSA) is 103 Å². The zero-order chi connectivity index (χ0) is 17.1. The van der Waals surface area contributed by atoms with Gasteiger partial charge in [-0.15, -0.1) is 0 Å². The van der Waals surface area contributed by atoms with E-state index in [9.17, 15) is 19.6 Å². The van der Waals surface area contributed by atoms with Crippen LogP contribution in [0.4, 0.5) is 5.82 Å². The quantitative estimate of drug-likeness (QED) is 0.785. The fourth-order valence-electron chi connectivity index (χ4n) is 2.87. The Labute approximate surface area is 139 Å². The number of nitriles is 1. The Balaban J connectivity index is 1.62. The zero-order valence-corrected chi connectivity index (χ0v) is 13.1. The second-order valence-corrected chi connectivity index (χ2v) is 6.31. The molecule has 24 heavy (non-hydrogen) atoms. The number of likely N-dealkylation sites (tertiary alicyclic amines) is 1. The van der Waals surface area contributed by atoms with Crippen LogP contribution in [0, 0.1) is 29.1 Å². The normalized spacial score (nSPS) is 21.2. The first kappa shape index (κ1) is 16.1. The fraction of sp³-hybridized carbons (Fsp3) is 0.471. The Morgan fingerprint density at radius 3 is 2.83 bits per heavy atom. The highest BCUT2D eigenvalue weighted by molar-refractivity contribution is 6.10. The SMILES string of the molecule is N#CC(C(=O)Nc1ccccn1)C(=O)C1CC(=O)N(CC2CC2)C1. The largest absolute Gasteiger partial charge is 0.342 e. The lowest BCUT2D eigenvalue weighted by molar-refractivity contribution is -0.132. The molecule has 2 fully saturated rings. The maximum Gasteiger partial charge on any atom is 0.250 e. The van der Waals surface area contributed by atoms with Crippen LogP contribution in [0.5, 0.6) is 0 Å². The molecule has 0 radical (unpaired) electrons. The molecule has 7 heteroatoms. The molecule has 124 valence electrons. The van der Waals surface area contributed by atoms with Crippen LogP contribution in [0.15, 0.2) is 24.4 Å². The summed E-state index contributed by atoms with van der Waals surface area (Å²) in [7, 11) is 0. The molecular formula is C17H18N4O3. The van der Waals surface area contributed by atoms with Crippen molar-refractivity contribution in [2.24, 2.45) is 17.8 Å². The van der Waals surface area contributed by atoms with Crippen molar-refractivity contribution in [2.75, 3.05) is 18.4 Å². The summed E-state index contributed by atoms with van der Waals surface area (Å²) in [6.07, 6.45) is 3.83. The average Bonchev–Trinajstić information content (AvgIpc) is 3.31. The molecule has 1 saturated carbocycles. The highest BCUT2D eigenvalue weighted by atomic mass is 16.2. The van der Waals surface area contributed by atoms with E-state index in [1.807, 2.05) is 0 Å². The van der Waals surface area contributed by atoms with E-state index in [1.54, 1.807) is 29.2 Å². The number of aromatic nitrogens is 1. The monoisotopic (exact) mass is 326 g/mol. The molecule has 0 spiro atoms. The van der Waals surface area contributed by atoms with Crippen molar-refractivity contribution < 1.29 is 14.4 Å². The maximum atomic E-state index is 12.5. The van der Waals surface area contributed by atoms with Gasteiger partial charge in [0.1, 0.15) is 5.82 Å². The third kappa shape index (κ3) is 3.59. The lowest BCUT2D eigenvalue weighted by Crippen LogP contribution is -2.34. The number of pyridine rings is 1. The van der Waals surface area contributed by atoms with Crippen LogP contribution in [0.2, 0.25) is 0 Å². The highest BCUT2D eigenvalue weighted by Crippen LogP contribution is 2.32. The molecule has 1 aromatic heterocycles. The summed E-state index contributed by atoms with van der Waals surface area (Å²) >= 11 is 0. The van der Waals surface area contributed by atoms with Gasteiger partial charge in [-0.25, -0.2) is 4.98 Å². The van der Waals surface area contributed by atoms with Crippen molar-refractivity contribution in [3.8, 4) is 6.07 Å². The minimum absolute atomic E-state index is 0.0675. The number of ketones is 1. The Morgan fingerprint density at radius 2 is 2.21 bits per heavy atom. The number of nitrogens with zero attached hydrogens (tertiary/aromatic N) is 3. The number of amides is 2. The second-order valence-electron chi connectivity index (χ2n) is 6.31. The van der Waals surface area contributed by atoms with E-state index in [2.05, 4.69) is 10.3 Å². The third-order valence-electron chi connectivity index (χ3n) is 4.38. The number of rotatable bonds is 6. The molecule has 1 aromatic rings. The van der Waals surface area contributed by atoms with E-state index in [0.29, 0.717) is 19.0 Å². The average molecular weight is 326 g/mol. The number of hydrogen-bond acceptors (Lipinski definition) is 5. The van der Waals surface area contributed by atoms with Gasteiger partial charge in [0.25, 0.3) is 5.91 Å². The van der Waals surface area contributed by atoms with Crippen LogP contribution in [-0.2, 0) is 14.4 Å². The van der Waals surface area contributed by atoms with Crippen LogP contribution in [0.3, 0.4) is 0 Å². The predicted octanol–water partition coefficient (Wildman–Crippen LogP) is 0.987. The van der Waals surface area contributed by atoms with Gasteiger partial charge in [0.15, 0.2) is 11.7 Å². The Bertz CT molecular complexity index is 694. The fourth-order valence-corrected chi connectivity index (χ4v) is 2.87. The first-order valence-corrected chi connectivity index (χ1v) is 8.01. The first-order chi connectivity index (χ1) is 11.6. The standard InChI is InChI=1S/C17H18N4O3/c18-8-13(17(24)20-14-3-1-2-6-19-14)16(23)12-7-15(22)21(10-12)9-11-4-5-11/h1-3,6,11-13H,4-5,7,9-10H2,(H,19,20,24). The van der Waals surface area contributed by atoms with E-state index < -0.39 is 23.5 Å². The molecule has 1 N–H and O–H groups in total. The van der Waals surface area contributed by atoms with Gasteiger partial charge in [-0.2, -0.15) is 5.26 Å². The van der Waals surface area contributed by atoms with E-state index in [4.69, 9.17) is 0 Å². The van der Waals surface area contributed by atoms with Crippen LogP contribution >= 0.6 is 0 Å². The van der Waals surface area contributed by atoms with E-state index in [1.165, 1.54) is 6.20 Å². The van der Waals surface area contributed by atoms with Gasteiger partial charge in [0.2, 0.25) is 5.91 Å². The molecule has 2 atom stereocenters. The van der Waals surface area contributed by atoms with Gasteiger partial charge in [-0.05, 0) is 30.9 Å². The molecule has 2 unspecified atom stereocenters. The minimum Gasteiger partial charge on any atom is -0.342 e. The molecule has 7 nitrogen and oxygen atoms in total. The lowest BCUT2D eigenvalue weighted by atomic mass is 9.92. The summed E-state index contributed by atoms with van der Waals surface area (Å²) in [6, 6.07) is 6.73.